The highest BCUT2D eigenvalue weighted by Gasteiger charge is 2.07. The Morgan fingerprint density at radius 1 is 1.00 bits per heavy atom. The summed E-state index contributed by atoms with van der Waals surface area (Å²) in [6.45, 7) is 2.15. The lowest BCUT2D eigenvalue weighted by atomic mass is 9.97. The van der Waals surface area contributed by atoms with Gasteiger partial charge in [-0.25, -0.2) is 0 Å². The quantitative estimate of drug-likeness (QED) is 0.644. The van der Waals surface area contributed by atoms with Gasteiger partial charge in [0.05, 0.1) is 0 Å². The minimum atomic E-state index is 0.171. The Morgan fingerprint density at radius 3 is 2.44 bits per heavy atom. The van der Waals surface area contributed by atoms with Crippen molar-refractivity contribution in [1.82, 2.24) is 0 Å². The van der Waals surface area contributed by atoms with Crippen molar-refractivity contribution >= 4 is 11.6 Å². The summed E-state index contributed by atoms with van der Waals surface area (Å²) in [5, 5.41) is 0. The second-order valence-corrected chi connectivity index (χ2v) is 5.58. The van der Waals surface area contributed by atoms with Gasteiger partial charge in [-0.3, -0.25) is 9.59 Å². The molecule has 0 fully saturated rings. The molecule has 0 aromatic rings. The van der Waals surface area contributed by atoms with Gasteiger partial charge in [-0.15, -0.1) is 0 Å². The summed E-state index contributed by atoms with van der Waals surface area (Å²) in [7, 11) is 0. The van der Waals surface area contributed by atoms with Crippen molar-refractivity contribution in [2.75, 3.05) is 0 Å². The van der Waals surface area contributed by atoms with Gasteiger partial charge in [0, 0.05) is 19.3 Å². The Hall–Kier alpha value is -0.920. The summed E-state index contributed by atoms with van der Waals surface area (Å²) in [6.07, 6.45) is 13.4. The number of ketones is 2. The van der Waals surface area contributed by atoms with Crippen molar-refractivity contribution in [2.24, 2.45) is 5.92 Å². The van der Waals surface area contributed by atoms with Gasteiger partial charge in [0.1, 0.15) is 5.78 Å². The van der Waals surface area contributed by atoms with E-state index in [0.29, 0.717) is 25.2 Å². The lowest BCUT2D eigenvalue weighted by Crippen LogP contribution is -2.03. The molecule has 2 nitrogen and oxygen atoms in total. The summed E-state index contributed by atoms with van der Waals surface area (Å²) in [6, 6.07) is 0. The minimum Gasteiger partial charge on any atom is -0.299 e. The summed E-state index contributed by atoms with van der Waals surface area (Å²) < 4.78 is 0. The summed E-state index contributed by atoms with van der Waals surface area (Å²) in [5.74, 6) is 0.912. The van der Waals surface area contributed by atoms with Gasteiger partial charge in [0.25, 0.3) is 0 Å². The monoisotopic (exact) mass is 250 g/mol. The first-order chi connectivity index (χ1) is 8.68. The highest BCUT2D eigenvalue weighted by atomic mass is 16.1. The molecule has 0 unspecified atom stereocenters. The summed E-state index contributed by atoms with van der Waals surface area (Å²) in [4.78, 5) is 23.2. The Bertz CT molecular complexity index is 291. The lowest BCUT2D eigenvalue weighted by molar-refractivity contribution is -0.118. The van der Waals surface area contributed by atoms with Gasteiger partial charge in [-0.1, -0.05) is 51.5 Å². The second kappa shape index (κ2) is 9.07. The van der Waals surface area contributed by atoms with Crippen LogP contribution in [0.2, 0.25) is 0 Å². The molecular formula is C16H26O2. The molecule has 0 aromatic heterocycles. The van der Waals surface area contributed by atoms with E-state index >= 15 is 0 Å². The fraction of sp³-hybridized carbons (Fsp3) is 0.750. The third kappa shape index (κ3) is 7.41. The van der Waals surface area contributed by atoms with Crippen LogP contribution in [-0.4, -0.2) is 11.6 Å². The van der Waals surface area contributed by atoms with Crippen molar-refractivity contribution in [3.05, 3.63) is 12.2 Å². The zero-order valence-corrected chi connectivity index (χ0v) is 11.6. The van der Waals surface area contributed by atoms with Crippen LogP contribution < -0.4 is 0 Å². The van der Waals surface area contributed by atoms with Crippen molar-refractivity contribution in [2.45, 2.75) is 71.1 Å². The molecule has 1 aliphatic carbocycles. The molecule has 0 spiro atoms. The molecule has 0 N–H and O–H groups in total. The molecule has 0 aromatic carbocycles. The fourth-order valence-electron chi connectivity index (χ4n) is 2.46. The van der Waals surface area contributed by atoms with E-state index in [4.69, 9.17) is 0 Å². The number of hydrogen-bond acceptors (Lipinski definition) is 2. The van der Waals surface area contributed by atoms with Crippen molar-refractivity contribution in [3.8, 4) is 0 Å². The maximum Gasteiger partial charge on any atom is 0.155 e. The third-order valence-corrected chi connectivity index (χ3v) is 3.60. The van der Waals surface area contributed by atoms with E-state index in [1.54, 1.807) is 12.2 Å². The first-order valence-electron chi connectivity index (χ1n) is 7.39. The molecule has 102 valence electrons. The number of allylic oxidation sites excluding steroid dienone is 2. The number of carbonyl (C=O) groups excluding carboxylic acids is 2. The average Bonchev–Trinajstić information content (AvgIpc) is 2.31. The SMILES string of the molecule is C[C@@H]1CCCCCCCCC(=O)C/C=C/C(=O)C1. The van der Waals surface area contributed by atoms with E-state index in [0.717, 1.165) is 12.8 Å². The van der Waals surface area contributed by atoms with Crippen molar-refractivity contribution in [3.63, 3.8) is 0 Å². The fourth-order valence-corrected chi connectivity index (χ4v) is 2.46. The van der Waals surface area contributed by atoms with Crippen LogP contribution in [0, 0.1) is 5.92 Å². The average molecular weight is 250 g/mol. The van der Waals surface area contributed by atoms with Crippen LogP contribution in [0.1, 0.15) is 71.1 Å². The van der Waals surface area contributed by atoms with E-state index < -0.39 is 0 Å². The summed E-state index contributed by atoms with van der Waals surface area (Å²) in [5.41, 5.74) is 0. The Kier molecular flexibility index (Phi) is 7.63. The minimum absolute atomic E-state index is 0.171. The topological polar surface area (TPSA) is 34.1 Å². The highest BCUT2D eigenvalue weighted by molar-refractivity contribution is 5.90. The second-order valence-electron chi connectivity index (χ2n) is 5.58. The molecule has 1 aliphatic rings. The predicted molar refractivity (Wildman–Crippen MR) is 74.5 cm³/mol. The van der Waals surface area contributed by atoms with Crippen LogP contribution in [0.25, 0.3) is 0 Å². The molecule has 0 saturated carbocycles. The van der Waals surface area contributed by atoms with Gasteiger partial charge in [-0.2, -0.15) is 0 Å². The number of Topliss-reactive ketones (excluding diaryl/α,β-unsaturated/α-hetero) is 1. The van der Waals surface area contributed by atoms with Gasteiger partial charge < -0.3 is 0 Å². The molecular weight excluding hydrogens is 224 g/mol. The van der Waals surface area contributed by atoms with Crippen molar-refractivity contribution in [1.29, 1.82) is 0 Å². The van der Waals surface area contributed by atoms with Gasteiger partial charge in [0.15, 0.2) is 5.78 Å². The lowest BCUT2D eigenvalue weighted by Gasteiger charge is -2.08. The molecule has 0 radical (unpaired) electrons. The van der Waals surface area contributed by atoms with Gasteiger partial charge >= 0.3 is 0 Å². The summed E-state index contributed by atoms with van der Waals surface area (Å²) >= 11 is 0. The largest absolute Gasteiger partial charge is 0.299 e. The highest BCUT2D eigenvalue weighted by Crippen LogP contribution is 2.16. The van der Waals surface area contributed by atoms with E-state index in [2.05, 4.69) is 6.92 Å². The molecule has 18 heavy (non-hydrogen) atoms. The number of rotatable bonds is 0. The van der Waals surface area contributed by atoms with E-state index in [1.165, 1.54) is 32.1 Å². The van der Waals surface area contributed by atoms with E-state index in [9.17, 15) is 9.59 Å². The number of hydrogen-bond donors (Lipinski definition) is 0. The molecule has 0 bridgehead atoms. The van der Waals surface area contributed by atoms with E-state index in [-0.39, 0.29) is 11.6 Å². The Balaban J connectivity index is 2.43. The molecule has 2 heteroatoms. The first-order valence-corrected chi connectivity index (χ1v) is 7.39. The molecule has 0 heterocycles. The van der Waals surface area contributed by atoms with Crippen LogP contribution >= 0.6 is 0 Å². The molecule has 0 aliphatic heterocycles. The standard InChI is InChI=1S/C16H26O2/c1-14-9-6-4-2-3-5-7-10-15(17)11-8-12-16(18)13-14/h8,12,14H,2-7,9-11,13H2,1H3/b12-8+/t14-/m1/s1. The molecule has 0 saturated heterocycles. The van der Waals surface area contributed by atoms with E-state index in [1.807, 2.05) is 0 Å². The maximum absolute atomic E-state index is 11.6. The predicted octanol–water partition coefficient (Wildman–Crippen LogP) is 4.23. The first kappa shape index (κ1) is 15.1. The van der Waals surface area contributed by atoms with Gasteiger partial charge in [0.2, 0.25) is 0 Å². The molecule has 1 rings (SSSR count). The van der Waals surface area contributed by atoms with Crippen LogP contribution in [0.15, 0.2) is 12.2 Å². The third-order valence-electron chi connectivity index (χ3n) is 3.60. The van der Waals surface area contributed by atoms with Crippen LogP contribution in [-0.2, 0) is 9.59 Å². The van der Waals surface area contributed by atoms with Gasteiger partial charge in [-0.05, 0) is 18.4 Å². The normalized spacial score (nSPS) is 27.3. The zero-order valence-electron chi connectivity index (χ0n) is 11.6. The molecule has 0 amide bonds. The van der Waals surface area contributed by atoms with Crippen LogP contribution in [0.3, 0.4) is 0 Å². The Morgan fingerprint density at radius 2 is 1.67 bits per heavy atom. The van der Waals surface area contributed by atoms with Crippen LogP contribution in [0.4, 0.5) is 0 Å². The van der Waals surface area contributed by atoms with Crippen molar-refractivity contribution < 1.29 is 9.59 Å². The number of carbonyl (C=O) groups is 2. The maximum atomic E-state index is 11.6. The zero-order chi connectivity index (χ0) is 13.2. The van der Waals surface area contributed by atoms with Crippen LogP contribution in [0.5, 0.6) is 0 Å². The Labute approximate surface area is 111 Å². The molecule has 1 atom stereocenters. The smallest absolute Gasteiger partial charge is 0.155 e.